The summed E-state index contributed by atoms with van der Waals surface area (Å²) >= 11 is 0. The third-order valence-electron chi connectivity index (χ3n) is 5.58. The lowest BCUT2D eigenvalue weighted by Crippen LogP contribution is -2.42. The molecule has 5 rings (SSSR count). The number of benzene rings is 2. The minimum atomic E-state index is -0.359. The van der Waals surface area contributed by atoms with Gasteiger partial charge in [-0.2, -0.15) is 0 Å². The number of pyridine rings is 1. The quantitative estimate of drug-likeness (QED) is 0.467. The zero-order valence-electron chi connectivity index (χ0n) is 17.2. The molecule has 0 saturated carbocycles. The Labute approximate surface area is 182 Å². The summed E-state index contributed by atoms with van der Waals surface area (Å²) in [6.45, 7) is 2.85. The van der Waals surface area contributed by atoms with Gasteiger partial charge in [-0.05, 0) is 55.0 Å². The second-order valence-electron chi connectivity index (χ2n) is 7.67. The highest BCUT2D eigenvalue weighted by Crippen LogP contribution is 2.30. The van der Waals surface area contributed by atoms with Crippen molar-refractivity contribution in [3.63, 3.8) is 0 Å². The van der Waals surface area contributed by atoms with Gasteiger partial charge in [0.05, 0.1) is 35.5 Å². The molecule has 4 aromatic rings. The Morgan fingerprint density at radius 2 is 1.75 bits per heavy atom. The van der Waals surface area contributed by atoms with Gasteiger partial charge >= 0.3 is 0 Å². The van der Waals surface area contributed by atoms with Crippen molar-refractivity contribution in [2.24, 2.45) is 0 Å². The van der Waals surface area contributed by atoms with Crippen molar-refractivity contribution < 1.29 is 22.8 Å². The van der Waals surface area contributed by atoms with Gasteiger partial charge in [0.2, 0.25) is 0 Å². The van der Waals surface area contributed by atoms with Gasteiger partial charge in [0, 0.05) is 12.1 Å². The van der Waals surface area contributed by atoms with Gasteiger partial charge < -0.3 is 14.2 Å². The molecule has 1 unspecified atom stereocenters. The summed E-state index contributed by atoms with van der Waals surface area (Å²) in [5.74, 6) is -0.891. The first-order chi connectivity index (χ1) is 15.5. The molecule has 0 radical (unpaired) electrons. The number of fused-ring (bicyclic) bond motifs is 1. The molecular formula is C24H19F2N3O3. The normalized spacial score (nSPS) is 16.5. The lowest BCUT2D eigenvalue weighted by atomic mass is 10.0. The van der Waals surface area contributed by atoms with Crippen molar-refractivity contribution in [2.75, 3.05) is 19.7 Å². The second-order valence-corrected chi connectivity index (χ2v) is 7.67. The average molecular weight is 435 g/mol. The number of nitrogens with zero attached hydrogens (tertiary/aromatic N) is 3. The van der Waals surface area contributed by atoms with Crippen LogP contribution in [0.2, 0.25) is 0 Å². The Kier molecular flexibility index (Phi) is 5.14. The van der Waals surface area contributed by atoms with E-state index in [9.17, 15) is 13.6 Å². The molecule has 1 aliphatic heterocycles. The van der Waals surface area contributed by atoms with Crippen LogP contribution in [0.5, 0.6) is 0 Å². The Morgan fingerprint density at radius 3 is 2.47 bits per heavy atom. The van der Waals surface area contributed by atoms with E-state index in [2.05, 4.69) is 10.1 Å². The van der Waals surface area contributed by atoms with Crippen LogP contribution in [0.15, 0.2) is 59.1 Å². The molecule has 2 aromatic heterocycles. The van der Waals surface area contributed by atoms with E-state index in [0.29, 0.717) is 47.6 Å². The minimum absolute atomic E-state index is 0.206. The summed E-state index contributed by atoms with van der Waals surface area (Å²) in [6, 6.07) is 13.6. The maximum absolute atomic E-state index is 13.6. The molecule has 0 aliphatic carbocycles. The summed E-state index contributed by atoms with van der Waals surface area (Å²) in [4.78, 5) is 19.8. The smallest absolute Gasteiger partial charge is 0.259 e. The number of halogens is 2. The highest BCUT2D eigenvalue weighted by molar-refractivity contribution is 6.07. The molecule has 6 nitrogen and oxygen atoms in total. The van der Waals surface area contributed by atoms with Crippen molar-refractivity contribution in [1.82, 2.24) is 15.0 Å². The largest absolute Gasteiger partial charge is 0.370 e. The number of hydrogen-bond acceptors (Lipinski definition) is 5. The SMILES string of the molecule is Cc1noc2nc(-c3ccc(F)cc3)cc(C(=O)N3CCOC(c4ccc(F)cc4)C3)c12. The lowest BCUT2D eigenvalue weighted by Gasteiger charge is -2.33. The highest BCUT2D eigenvalue weighted by atomic mass is 19.1. The van der Waals surface area contributed by atoms with E-state index >= 15 is 0 Å². The second kappa shape index (κ2) is 8.12. The summed E-state index contributed by atoms with van der Waals surface area (Å²) in [7, 11) is 0. The molecule has 1 atom stereocenters. The zero-order chi connectivity index (χ0) is 22.2. The van der Waals surface area contributed by atoms with E-state index in [4.69, 9.17) is 9.26 Å². The molecule has 3 heterocycles. The number of aromatic nitrogens is 2. The maximum Gasteiger partial charge on any atom is 0.259 e. The van der Waals surface area contributed by atoms with Gasteiger partial charge in [0.25, 0.3) is 11.6 Å². The van der Waals surface area contributed by atoms with Crippen LogP contribution in [0.25, 0.3) is 22.4 Å². The van der Waals surface area contributed by atoms with Crippen molar-refractivity contribution in [3.05, 3.63) is 83.1 Å². The number of rotatable bonds is 3. The van der Waals surface area contributed by atoms with E-state index in [1.54, 1.807) is 42.2 Å². The molecule has 2 aromatic carbocycles. The Balaban J connectivity index is 1.51. The zero-order valence-corrected chi connectivity index (χ0v) is 17.2. The molecule has 32 heavy (non-hydrogen) atoms. The van der Waals surface area contributed by atoms with Crippen LogP contribution in [-0.2, 0) is 4.74 Å². The average Bonchev–Trinajstić information content (AvgIpc) is 3.20. The van der Waals surface area contributed by atoms with E-state index in [0.717, 1.165) is 5.56 Å². The Morgan fingerprint density at radius 1 is 1.06 bits per heavy atom. The van der Waals surface area contributed by atoms with Crippen molar-refractivity contribution in [3.8, 4) is 11.3 Å². The van der Waals surface area contributed by atoms with Crippen molar-refractivity contribution in [1.29, 1.82) is 0 Å². The summed E-state index contributed by atoms with van der Waals surface area (Å²) in [5, 5.41) is 4.52. The predicted molar refractivity (Wildman–Crippen MR) is 113 cm³/mol. The Hall–Kier alpha value is -3.65. The number of carbonyl (C=O) groups is 1. The summed E-state index contributed by atoms with van der Waals surface area (Å²) in [5.41, 5.74) is 3.16. The van der Waals surface area contributed by atoms with E-state index < -0.39 is 0 Å². The van der Waals surface area contributed by atoms with Gasteiger partial charge in [-0.1, -0.05) is 17.3 Å². The monoisotopic (exact) mass is 435 g/mol. The fourth-order valence-electron chi connectivity index (χ4n) is 3.92. The van der Waals surface area contributed by atoms with Gasteiger partial charge in [0.15, 0.2) is 0 Å². The molecule has 162 valence electrons. The lowest BCUT2D eigenvalue weighted by molar-refractivity contribution is -0.0227. The molecule has 1 saturated heterocycles. The predicted octanol–water partition coefficient (Wildman–Crippen LogP) is 4.69. The third kappa shape index (κ3) is 3.73. The molecule has 0 N–H and O–H groups in total. The van der Waals surface area contributed by atoms with E-state index in [-0.39, 0.29) is 29.4 Å². The first kappa shape index (κ1) is 20.3. The molecule has 1 amide bonds. The van der Waals surface area contributed by atoms with Crippen LogP contribution < -0.4 is 0 Å². The number of carbonyl (C=O) groups excluding carboxylic acids is 1. The number of ether oxygens (including phenoxy) is 1. The van der Waals surface area contributed by atoms with Gasteiger partial charge in [-0.15, -0.1) is 0 Å². The van der Waals surface area contributed by atoms with E-state index in [1.165, 1.54) is 24.3 Å². The number of amides is 1. The number of morpholine rings is 1. The molecule has 1 aliphatic rings. The first-order valence-corrected chi connectivity index (χ1v) is 10.2. The molecule has 8 heteroatoms. The number of aryl methyl sites for hydroxylation is 1. The Bertz CT molecular complexity index is 1290. The van der Waals surface area contributed by atoms with Crippen molar-refractivity contribution >= 4 is 17.0 Å². The third-order valence-corrected chi connectivity index (χ3v) is 5.58. The van der Waals surface area contributed by atoms with Crippen LogP contribution >= 0.6 is 0 Å². The highest BCUT2D eigenvalue weighted by Gasteiger charge is 2.29. The standard InChI is InChI=1S/C24H19F2N3O3/c1-14-22-19(12-20(27-23(22)32-28-14)15-2-6-17(25)7-3-15)24(30)29-10-11-31-21(13-29)16-4-8-18(26)9-5-16/h2-9,12,21H,10-11,13H2,1H3. The summed E-state index contributed by atoms with van der Waals surface area (Å²) in [6.07, 6.45) is -0.356. The summed E-state index contributed by atoms with van der Waals surface area (Å²) < 4.78 is 37.8. The van der Waals surface area contributed by atoms with Gasteiger partial charge in [0.1, 0.15) is 17.7 Å². The fourth-order valence-corrected chi connectivity index (χ4v) is 3.92. The van der Waals surface area contributed by atoms with Crippen LogP contribution in [0, 0.1) is 18.6 Å². The molecule has 1 fully saturated rings. The van der Waals surface area contributed by atoms with Crippen LogP contribution in [-0.4, -0.2) is 40.6 Å². The maximum atomic E-state index is 13.6. The minimum Gasteiger partial charge on any atom is -0.370 e. The van der Waals surface area contributed by atoms with Crippen LogP contribution in [0.3, 0.4) is 0 Å². The molecule has 0 spiro atoms. The van der Waals surface area contributed by atoms with Gasteiger partial charge in [-0.3, -0.25) is 4.79 Å². The molecular weight excluding hydrogens is 416 g/mol. The number of hydrogen-bond donors (Lipinski definition) is 0. The fraction of sp³-hybridized carbons (Fsp3) is 0.208. The van der Waals surface area contributed by atoms with Crippen LogP contribution in [0.4, 0.5) is 8.78 Å². The van der Waals surface area contributed by atoms with Crippen molar-refractivity contribution in [2.45, 2.75) is 13.0 Å². The topological polar surface area (TPSA) is 68.5 Å². The first-order valence-electron chi connectivity index (χ1n) is 10.2. The van der Waals surface area contributed by atoms with E-state index in [1.807, 2.05) is 0 Å². The van der Waals surface area contributed by atoms with Gasteiger partial charge in [-0.25, -0.2) is 13.8 Å². The van der Waals surface area contributed by atoms with Crippen LogP contribution in [0.1, 0.15) is 27.7 Å². The molecule has 0 bridgehead atoms.